The second-order valence-corrected chi connectivity index (χ2v) is 29.6. The van der Waals surface area contributed by atoms with Gasteiger partial charge in [0.1, 0.15) is 17.0 Å². The highest BCUT2D eigenvalue weighted by atomic mass is 19.2. The van der Waals surface area contributed by atoms with Crippen molar-refractivity contribution in [2.24, 2.45) is 0 Å². The fraction of sp³-hybridized carbons (Fsp3) is 0.600. The van der Waals surface area contributed by atoms with Gasteiger partial charge in [0.25, 0.3) is 0 Å². The number of benzene rings is 1. The molecule has 4 radical (unpaired) electrons. The summed E-state index contributed by atoms with van der Waals surface area (Å²) in [6, 6.07) is 4.86. The van der Waals surface area contributed by atoms with Crippen LogP contribution in [0.5, 0.6) is 0 Å². The number of nitrogens with zero attached hydrogens (tertiary/aromatic N) is 4. The molecule has 0 unspecified atom stereocenters. The summed E-state index contributed by atoms with van der Waals surface area (Å²) in [5.74, 6) is 0.374. The highest BCUT2D eigenvalue weighted by molar-refractivity contribution is 7.91. The van der Waals surface area contributed by atoms with Crippen LogP contribution in [0.2, 0.25) is 0 Å². The van der Waals surface area contributed by atoms with E-state index in [2.05, 4.69) is 10.2 Å². The number of carbonyl (C=O) groups is 2. The molecule has 0 atom stereocenters. The standard InChI is InChI=1S/C19H22FN3O3.C16H28BNO4.B18F18.B17F17/c1-12-21-22-17(25-12)14-5-6-15(16(20)11-14)13-7-9-23(10-8-13)18(24)26-19(2,3)4;1-14(2,3)20-13(19)18-10-8-12(9-11-18)17-21-15(4,5)16(6,7)22-17;19-1-3(21)5(23)7(25)9(27)11(29)13(31)15(33)17(35)18(36)16(34)14(32)12(30)10(28)8(26)6(24)4(22)2-20;18-1-3(20)5(22)7(24)9(26)11(28)13(30)15(32)17(34)16(33)14(31)12(29)10(27)8(25)6(23)4(21)2-19/h5-7,11H,8-10H2,1-4H3;8H,9-11H2,1-7H3;;. The van der Waals surface area contributed by atoms with E-state index in [0.29, 0.717) is 55.5 Å². The van der Waals surface area contributed by atoms with Crippen LogP contribution < -0.4 is 0 Å². The van der Waals surface area contributed by atoms with Crippen LogP contribution in [-0.4, -0.2) is 328 Å². The summed E-state index contributed by atoms with van der Waals surface area (Å²) >= 11 is 0. The van der Waals surface area contributed by atoms with Gasteiger partial charge >= 0.3 is 259 Å². The third kappa shape index (κ3) is 31.1. The quantitative estimate of drug-likeness (QED) is 0.0488. The van der Waals surface area contributed by atoms with Gasteiger partial charge in [-0.05, 0) is 105 Å². The van der Waals surface area contributed by atoms with Crippen LogP contribution in [0.25, 0.3) is 17.0 Å². The molecule has 5 rings (SSSR count). The van der Waals surface area contributed by atoms with Crippen molar-refractivity contribution in [1.82, 2.24) is 20.0 Å². The number of aryl methyl sites for hydroxylation is 1. The number of aromatic nitrogens is 2. The molecule has 11 nitrogen and oxygen atoms in total. The van der Waals surface area contributed by atoms with Gasteiger partial charge < -0.3 is 184 Å². The second kappa shape index (κ2) is 48.6. The number of carbonyl (C=O) groups excluding carboxylic acids is 2. The smallest absolute Gasteiger partial charge is 0.444 e. The lowest BCUT2D eigenvalue weighted by molar-refractivity contribution is 0.00578. The molecule has 2 amide bonds. The van der Waals surface area contributed by atoms with Gasteiger partial charge in [-0.1, -0.05) is 18.2 Å². The fourth-order valence-electron chi connectivity index (χ4n) is 10.1. The average molecular weight is 1710 g/mol. The molecule has 2 aromatic rings. The van der Waals surface area contributed by atoms with E-state index in [-0.39, 0.29) is 36.3 Å². The lowest BCUT2D eigenvalue weighted by Crippen LogP contribution is -2.68. The molecular weight excluding hydrogens is 1660 g/mol. The number of rotatable bonds is 36. The summed E-state index contributed by atoms with van der Waals surface area (Å²) in [6.07, 6.45) is 4.58. The molecule has 3 aliphatic rings. The Hall–Kier alpha value is -3.88. The Balaban J connectivity index is 0.000000541. The first-order valence-corrected chi connectivity index (χ1v) is 35.1. The molecule has 0 bridgehead atoms. The molecule has 4 heterocycles. The third-order valence-electron chi connectivity index (χ3n) is 17.7. The Morgan fingerprint density at radius 1 is 0.407 bits per heavy atom. The van der Waals surface area contributed by atoms with E-state index in [1.54, 1.807) is 28.9 Å². The van der Waals surface area contributed by atoms with Crippen molar-refractivity contribution < 1.29 is 188 Å². The predicted molar refractivity (Wildman–Crippen MR) is 422 cm³/mol. The van der Waals surface area contributed by atoms with Gasteiger partial charge in [0.2, 0.25) is 11.8 Å². The molecule has 0 aliphatic carbocycles. The number of hydrogen-bond acceptors (Lipinski definition) is 9. The summed E-state index contributed by atoms with van der Waals surface area (Å²) in [4.78, 5) is 27.5. The number of amides is 2. The van der Waals surface area contributed by atoms with Crippen LogP contribution in [0.1, 0.15) is 93.5 Å². The van der Waals surface area contributed by atoms with Crippen molar-refractivity contribution in [3.63, 3.8) is 0 Å². The normalized spacial score (nSPS) is 13.7. The van der Waals surface area contributed by atoms with Gasteiger partial charge in [-0.25, -0.2) is 14.0 Å². The number of ether oxygens (including phenoxy) is 2. The van der Waals surface area contributed by atoms with Crippen molar-refractivity contribution in [3.05, 3.63) is 53.1 Å². The highest BCUT2D eigenvalue weighted by Gasteiger charge is 2.71. The minimum atomic E-state index is -4.40. The minimum absolute atomic E-state index is 0.267. The van der Waals surface area contributed by atoms with E-state index < -0.39 is 251 Å². The third-order valence-corrected chi connectivity index (χ3v) is 17.7. The molecule has 0 saturated carbocycles. The Kier molecular flexibility index (Phi) is 45.3. The first-order chi connectivity index (χ1) is 54.2. The minimum Gasteiger partial charge on any atom is -0.444 e. The highest BCUT2D eigenvalue weighted by Crippen LogP contribution is 2.40. The maximum Gasteiger partial charge on any atom is 0.490 e. The zero-order valence-electron chi connectivity index (χ0n) is 63.7. The van der Waals surface area contributed by atoms with Gasteiger partial charge in [-0.2, -0.15) is 0 Å². The van der Waals surface area contributed by atoms with Gasteiger partial charge in [0.15, 0.2) is 0 Å². The summed E-state index contributed by atoms with van der Waals surface area (Å²) in [5.41, 5.74) is 1.38. The molecule has 1 saturated heterocycles. The van der Waals surface area contributed by atoms with E-state index in [1.807, 2.05) is 81.4 Å². The zero-order valence-corrected chi connectivity index (χ0v) is 63.7. The Labute approximate surface area is 672 Å². The van der Waals surface area contributed by atoms with Gasteiger partial charge in [0.05, 0.1) is 11.2 Å². The molecule has 612 valence electrons. The molecular formula is C35H50B36F36N4O7. The lowest BCUT2D eigenvalue weighted by atomic mass is 8.74. The van der Waals surface area contributed by atoms with Gasteiger partial charge in [0, 0.05) is 44.2 Å². The van der Waals surface area contributed by atoms with E-state index in [4.69, 9.17) is 23.2 Å². The van der Waals surface area contributed by atoms with E-state index in [9.17, 15) is 165 Å². The maximum atomic E-state index is 14.6. The summed E-state index contributed by atoms with van der Waals surface area (Å²) < 4.78 is 504. The van der Waals surface area contributed by atoms with Crippen molar-refractivity contribution in [3.8, 4) is 11.5 Å². The molecule has 0 spiro atoms. The fourth-order valence-corrected chi connectivity index (χ4v) is 10.1. The molecule has 83 heteroatoms. The SMILES string of the molecule is CC(C)(C)OC(=O)N1CC=C(B2OC(C)(C)C(C)(C)O2)CC1.Cc1nnc(-c2ccc(C3=CCN(C(=O)OC(C)(C)C)CC3)c(F)c2)o1.F[B]B(F)B(F)B(F)B(F)B(F)B(F)B(F)B(F)B(F)B(F)B(F)B(F)B(F)B(F)B(F)B(F)[B]F.F[B]B(F)B(F)B(F)B(F)B(F)B(F)B(F)B(F)B(F)B(F)B(F)B(F)B(F)B(F)B(F)[B]F. The molecule has 1 aromatic heterocycles. The summed E-state index contributed by atoms with van der Waals surface area (Å²) in [5, 5.41) is 7.66. The Morgan fingerprint density at radius 3 is 0.864 bits per heavy atom. The second-order valence-electron chi connectivity index (χ2n) is 29.6. The average Bonchev–Trinajstić information content (AvgIpc) is 1.62. The topological polar surface area (TPSA) is 116 Å². The largest absolute Gasteiger partial charge is 0.490 e. The van der Waals surface area contributed by atoms with Crippen LogP contribution in [0, 0.1) is 12.7 Å². The van der Waals surface area contributed by atoms with Crippen LogP contribution in [0.4, 0.5) is 165 Å². The first kappa shape index (κ1) is 110. The van der Waals surface area contributed by atoms with E-state index in [0.717, 1.165) is 17.5 Å². The predicted octanol–water partition coefficient (Wildman–Crippen LogP) is 8.77. The summed E-state index contributed by atoms with van der Waals surface area (Å²) in [7, 11) is -4.97. The Bertz CT molecular complexity index is 3320. The Morgan fingerprint density at radius 2 is 0.661 bits per heavy atom. The van der Waals surface area contributed by atoms with Crippen molar-refractivity contribution in [2.75, 3.05) is 26.2 Å². The molecule has 1 fully saturated rings. The van der Waals surface area contributed by atoms with Crippen LogP contribution in [0.15, 0.2) is 40.2 Å². The molecule has 0 N–H and O–H groups in total. The molecule has 118 heavy (non-hydrogen) atoms. The van der Waals surface area contributed by atoms with E-state index >= 15 is 0 Å². The number of halogens is 36. The van der Waals surface area contributed by atoms with Crippen LogP contribution in [-0.2, 0) is 18.8 Å². The monoisotopic (exact) mass is 1720 g/mol. The zero-order chi connectivity index (χ0) is 91.4. The van der Waals surface area contributed by atoms with Crippen LogP contribution in [0.3, 0.4) is 0 Å². The van der Waals surface area contributed by atoms with E-state index in [1.165, 1.54) is 6.07 Å². The van der Waals surface area contributed by atoms with Gasteiger partial charge in [-0.3, -0.25) is 0 Å². The van der Waals surface area contributed by atoms with Crippen LogP contribution >= 0.6 is 0 Å². The number of hydrogen-bond donors (Lipinski definition) is 0. The molecule has 1 aromatic carbocycles. The first-order valence-electron chi connectivity index (χ1n) is 35.1. The lowest BCUT2D eigenvalue weighted by Gasteiger charge is -2.32. The van der Waals surface area contributed by atoms with Crippen molar-refractivity contribution in [2.45, 2.75) is 111 Å². The van der Waals surface area contributed by atoms with Crippen molar-refractivity contribution in [1.29, 1.82) is 0 Å². The maximum absolute atomic E-state index is 14.6. The summed E-state index contributed by atoms with van der Waals surface area (Å²) in [6.45, 7) is -104. The van der Waals surface area contributed by atoms with Crippen molar-refractivity contribution >= 4 is 265 Å². The van der Waals surface area contributed by atoms with Gasteiger partial charge in [-0.15, -0.1) is 10.2 Å². The molecule has 3 aliphatic heterocycles.